The van der Waals surface area contributed by atoms with Crippen LogP contribution in [0.15, 0.2) is 40.7 Å². The van der Waals surface area contributed by atoms with E-state index in [-0.39, 0.29) is 0 Å². The molecule has 0 fully saturated rings. The molecule has 2 aromatic heterocycles. The zero-order valence-electron chi connectivity index (χ0n) is 11.9. The fourth-order valence-corrected chi connectivity index (χ4v) is 4.41. The number of nitrogen functional groups attached to an aromatic ring is 1. The molecule has 3 nitrogen and oxygen atoms in total. The Morgan fingerprint density at radius 3 is 2.81 bits per heavy atom. The van der Waals surface area contributed by atoms with Crippen LogP contribution in [0.1, 0.15) is 19.8 Å². The zero-order valence-corrected chi connectivity index (χ0v) is 13.5. The fraction of sp³-hybridized carbons (Fsp3) is 0.250. The number of anilines is 1. The lowest BCUT2D eigenvalue weighted by molar-refractivity contribution is 0.897. The van der Waals surface area contributed by atoms with Gasteiger partial charge in [0.2, 0.25) is 0 Å². The summed E-state index contributed by atoms with van der Waals surface area (Å²) in [5.74, 6) is 1.10. The van der Waals surface area contributed by atoms with Gasteiger partial charge in [0.25, 0.3) is 0 Å². The van der Waals surface area contributed by atoms with E-state index in [1.807, 2.05) is 42.1 Å². The van der Waals surface area contributed by atoms with Gasteiger partial charge in [0.05, 0.1) is 21.8 Å². The Balaban J connectivity index is 1.95. The smallest absolute Gasteiger partial charge is 0.145 e. The average molecular weight is 315 g/mol. The van der Waals surface area contributed by atoms with Crippen LogP contribution in [-0.4, -0.2) is 15.7 Å². The quantitative estimate of drug-likeness (QED) is 0.541. The van der Waals surface area contributed by atoms with E-state index >= 15 is 0 Å². The second-order valence-electron chi connectivity index (χ2n) is 4.78. The Kier molecular flexibility index (Phi) is 4.41. The van der Waals surface area contributed by atoms with Gasteiger partial charge in [0, 0.05) is 5.56 Å². The summed E-state index contributed by atoms with van der Waals surface area (Å²) in [5, 5.41) is 0. The summed E-state index contributed by atoms with van der Waals surface area (Å²) in [6, 6.07) is 10.1. The first-order valence-corrected chi connectivity index (χ1v) is 8.83. The molecule has 0 radical (unpaired) electrons. The standard InChI is InChI=1S/C16H17N3S2/c1-2-3-9-20-16-13(17)14-15(21-16)19-12(10-18-14)11-7-5-4-6-8-11/h4-8,10H,2-3,9,17H2,1H3. The first-order valence-electron chi connectivity index (χ1n) is 7.03. The molecule has 3 rings (SSSR count). The number of benzene rings is 1. The summed E-state index contributed by atoms with van der Waals surface area (Å²) in [5.41, 5.74) is 9.79. The molecule has 0 spiro atoms. The molecule has 2 N–H and O–H groups in total. The van der Waals surface area contributed by atoms with Gasteiger partial charge in [-0.05, 0) is 12.2 Å². The van der Waals surface area contributed by atoms with E-state index in [9.17, 15) is 0 Å². The Morgan fingerprint density at radius 1 is 1.24 bits per heavy atom. The van der Waals surface area contributed by atoms with Crippen molar-refractivity contribution in [2.45, 2.75) is 24.0 Å². The number of hydrogen-bond acceptors (Lipinski definition) is 5. The molecule has 0 saturated heterocycles. The van der Waals surface area contributed by atoms with Crippen LogP contribution in [0.25, 0.3) is 21.6 Å². The molecule has 0 amide bonds. The Morgan fingerprint density at radius 2 is 2.05 bits per heavy atom. The van der Waals surface area contributed by atoms with Crippen LogP contribution in [0.2, 0.25) is 0 Å². The summed E-state index contributed by atoms with van der Waals surface area (Å²) in [4.78, 5) is 10.2. The maximum Gasteiger partial charge on any atom is 0.145 e. The first kappa shape index (κ1) is 14.4. The molecular weight excluding hydrogens is 298 g/mol. The van der Waals surface area contributed by atoms with Crippen molar-refractivity contribution in [1.29, 1.82) is 0 Å². The highest BCUT2D eigenvalue weighted by atomic mass is 32.2. The van der Waals surface area contributed by atoms with Gasteiger partial charge in [0.1, 0.15) is 10.3 Å². The third-order valence-corrected chi connectivity index (χ3v) is 5.67. The number of nitrogens with two attached hydrogens (primary N) is 1. The van der Waals surface area contributed by atoms with Crippen LogP contribution >= 0.6 is 23.1 Å². The van der Waals surface area contributed by atoms with Crippen LogP contribution in [-0.2, 0) is 0 Å². The number of thioether (sulfide) groups is 1. The summed E-state index contributed by atoms with van der Waals surface area (Å²) in [6.45, 7) is 2.20. The lowest BCUT2D eigenvalue weighted by atomic mass is 10.2. The van der Waals surface area contributed by atoms with Crippen molar-refractivity contribution in [2.24, 2.45) is 0 Å². The lowest BCUT2D eigenvalue weighted by Crippen LogP contribution is -1.89. The van der Waals surface area contributed by atoms with Gasteiger partial charge in [0.15, 0.2) is 0 Å². The number of thiophene rings is 1. The highest BCUT2D eigenvalue weighted by molar-refractivity contribution is 8.01. The SMILES string of the molecule is CCCCSc1sc2nc(-c3ccccc3)cnc2c1N. The predicted octanol–water partition coefficient (Wildman–Crippen LogP) is 4.83. The van der Waals surface area contributed by atoms with E-state index in [1.54, 1.807) is 17.5 Å². The molecule has 5 heteroatoms. The van der Waals surface area contributed by atoms with Crippen LogP contribution in [0.5, 0.6) is 0 Å². The molecule has 0 atom stereocenters. The second-order valence-corrected chi connectivity index (χ2v) is 7.14. The molecule has 0 aliphatic heterocycles. The topological polar surface area (TPSA) is 51.8 Å². The van der Waals surface area contributed by atoms with Crippen molar-refractivity contribution in [3.05, 3.63) is 36.5 Å². The van der Waals surface area contributed by atoms with Crippen molar-refractivity contribution < 1.29 is 0 Å². The van der Waals surface area contributed by atoms with Gasteiger partial charge < -0.3 is 5.73 Å². The molecule has 0 saturated carbocycles. The van der Waals surface area contributed by atoms with Gasteiger partial charge in [-0.25, -0.2) is 9.97 Å². The minimum absolute atomic E-state index is 0.781. The molecule has 0 bridgehead atoms. The number of fused-ring (bicyclic) bond motifs is 1. The number of unbranched alkanes of at least 4 members (excludes halogenated alkanes) is 1. The molecule has 0 aliphatic carbocycles. The van der Waals surface area contributed by atoms with E-state index in [0.717, 1.165) is 37.3 Å². The van der Waals surface area contributed by atoms with Crippen molar-refractivity contribution in [3.63, 3.8) is 0 Å². The van der Waals surface area contributed by atoms with Crippen LogP contribution in [0.4, 0.5) is 5.69 Å². The number of rotatable bonds is 5. The number of nitrogens with zero attached hydrogens (tertiary/aromatic N) is 2. The minimum Gasteiger partial charge on any atom is -0.395 e. The summed E-state index contributed by atoms with van der Waals surface area (Å²) >= 11 is 3.46. The maximum atomic E-state index is 6.20. The minimum atomic E-state index is 0.781. The summed E-state index contributed by atoms with van der Waals surface area (Å²) < 4.78 is 1.14. The van der Waals surface area contributed by atoms with E-state index in [0.29, 0.717) is 0 Å². The molecule has 0 aliphatic rings. The number of aromatic nitrogens is 2. The molecule has 1 aromatic carbocycles. The van der Waals surface area contributed by atoms with E-state index in [2.05, 4.69) is 11.9 Å². The molecule has 2 heterocycles. The van der Waals surface area contributed by atoms with Gasteiger partial charge in [-0.3, -0.25) is 0 Å². The molecule has 108 valence electrons. The Hall–Kier alpha value is -1.59. The molecular formula is C16H17N3S2. The van der Waals surface area contributed by atoms with Gasteiger partial charge >= 0.3 is 0 Å². The molecule has 0 unspecified atom stereocenters. The monoisotopic (exact) mass is 315 g/mol. The van der Waals surface area contributed by atoms with E-state index < -0.39 is 0 Å². The Labute approximate surface area is 132 Å². The van der Waals surface area contributed by atoms with Crippen molar-refractivity contribution in [3.8, 4) is 11.3 Å². The van der Waals surface area contributed by atoms with Crippen LogP contribution in [0.3, 0.4) is 0 Å². The van der Waals surface area contributed by atoms with Gasteiger partial charge in [-0.2, -0.15) is 0 Å². The van der Waals surface area contributed by atoms with Crippen molar-refractivity contribution in [1.82, 2.24) is 9.97 Å². The summed E-state index contributed by atoms with van der Waals surface area (Å²) in [6.07, 6.45) is 4.21. The second kappa shape index (κ2) is 6.45. The first-order chi connectivity index (χ1) is 10.3. The van der Waals surface area contributed by atoms with Crippen molar-refractivity contribution >= 4 is 39.1 Å². The third kappa shape index (κ3) is 3.04. The van der Waals surface area contributed by atoms with Crippen molar-refractivity contribution in [2.75, 3.05) is 11.5 Å². The van der Waals surface area contributed by atoms with E-state index in [1.165, 1.54) is 12.8 Å². The molecule has 21 heavy (non-hydrogen) atoms. The van der Waals surface area contributed by atoms with Crippen LogP contribution in [0, 0.1) is 0 Å². The van der Waals surface area contributed by atoms with E-state index in [4.69, 9.17) is 10.7 Å². The zero-order chi connectivity index (χ0) is 14.7. The Bertz CT molecular complexity index is 738. The van der Waals surface area contributed by atoms with Crippen LogP contribution < -0.4 is 5.73 Å². The predicted molar refractivity (Wildman–Crippen MR) is 92.9 cm³/mol. The molecule has 3 aromatic rings. The number of hydrogen-bond donors (Lipinski definition) is 1. The largest absolute Gasteiger partial charge is 0.395 e. The maximum absolute atomic E-state index is 6.20. The highest BCUT2D eigenvalue weighted by Crippen LogP contribution is 2.39. The highest BCUT2D eigenvalue weighted by Gasteiger charge is 2.13. The summed E-state index contributed by atoms with van der Waals surface area (Å²) in [7, 11) is 0. The lowest BCUT2D eigenvalue weighted by Gasteiger charge is -1.99. The van der Waals surface area contributed by atoms with Gasteiger partial charge in [-0.1, -0.05) is 43.7 Å². The van der Waals surface area contributed by atoms with Gasteiger partial charge in [-0.15, -0.1) is 23.1 Å². The third-order valence-electron chi connectivity index (χ3n) is 3.21. The average Bonchev–Trinajstić information content (AvgIpc) is 2.84. The fourth-order valence-electron chi connectivity index (χ4n) is 2.03. The normalized spacial score (nSPS) is 11.1.